The minimum absolute atomic E-state index is 0.0494. The molecule has 0 aliphatic carbocycles. The number of Topliss-reactive ketones (excluding diaryl/α,β-unsaturated/α-hetero) is 1. The van der Waals surface area contributed by atoms with Crippen molar-refractivity contribution >= 4 is 29.2 Å². The van der Waals surface area contributed by atoms with Gasteiger partial charge in [-0.15, -0.1) is 0 Å². The van der Waals surface area contributed by atoms with Crippen LogP contribution in [0.1, 0.15) is 27.1 Å². The number of carbonyl (C=O) groups excluding carboxylic acids is 2. The number of nitrogens with two attached hydrogens (primary N) is 1. The normalized spacial score (nSPS) is 12.9. The number of aromatic nitrogens is 2. The number of fused-ring (bicyclic) bond motifs is 1. The van der Waals surface area contributed by atoms with Gasteiger partial charge in [0.05, 0.1) is 23.8 Å². The molecule has 2 N–H and O–H groups in total. The summed E-state index contributed by atoms with van der Waals surface area (Å²) in [6, 6.07) is 2.74. The van der Waals surface area contributed by atoms with E-state index in [4.69, 9.17) is 31.5 Å². The van der Waals surface area contributed by atoms with Crippen molar-refractivity contribution in [3.05, 3.63) is 49.1 Å². The van der Waals surface area contributed by atoms with E-state index in [0.29, 0.717) is 31.1 Å². The fourth-order valence-electron chi connectivity index (χ4n) is 2.76. The van der Waals surface area contributed by atoms with Gasteiger partial charge in [0.1, 0.15) is 11.4 Å². The summed E-state index contributed by atoms with van der Waals surface area (Å²) in [6.45, 7) is 0.0825. The maximum absolute atomic E-state index is 12.4. The molecule has 0 saturated carbocycles. The molecule has 0 radical (unpaired) electrons. The van der Waals surface area contributed by atoms with E-state index in [2.05, 4.69) is 0 Å². The van der Waals surface area contributed by atoms with Crippen LogP contribution in [0.5, 0.6) is 11.5 Å². The first-order valence-electron chi connectivity index (χ1n) is 8.57. The van der Waals surface area contributed by atoms with E-state index in [9.17, 15) is 19.2 Å². The standard InChI is InChI=1S/C18H18ClN3O7/c1-21-15(20)13(16(24)22(2)18(21)26)11(23)8-29-17(25)9-6-10(19)14-12(7-9)27-4-3-5-28-14/h6-7H,3-5,8,20H2,1-2H3. The van der Waals surface area contributed by atoms with E-state index in [1.165, 1.54) is 26.2 Å². The lowest BCUT2D eigenvalue weighted by Crippen LogP contribution is -2.42. The van der Waals surface area contributed by atoms with Crippen molar-refractivity contribution in [3.63, 3.8) is 0 Å². The summed E-state index contributed by atoms with van der Waals surface area (Å²) in [5, 5.41) is 0.166. The Morgan fingerprint density at radius 2 is 1.86 bits per heavy atom. The molecule has 2 heterocycles. The molecule has 29 heavy (non-hydrogen) atoms. The zero-order chi connectivity index (χ0) is 21.3. The minimum Gasteiger partial charge on any atom is -0.489 e. The Hall–Kier alpha value is -3.27. The molecule has 1 aliphatic heterocycles. The van der Waals surface area contributed by atoms with Gasteiger partial charge in [0.15, 0.2) is 18.1 Å². The van der Waals surface area contributed by atoms with Gasteiger partial charge in [-0.25, -0.2) is 9.59 Å². The highest BCUT2D eigenvalue weighted by atomic mass is 35.5. The van der Waals surface area contributed by atoms with Crippen LogP contribution >= 0.6 is 11.6 Å². The van der Waals surface area contributed by atoms with Crippen molar-refractivity contribution in [3.8, 4) is 11.5 Å². The predicted molar refractivity (Wildman–Crippen MR) is 103 cm³/mol. The Bertz CT molecular complexity index is 1120. The SMILES string of the molecule is Cn1c(N)c(C(=O)COC(=O)c2cc(Cl)c3c(c2)OCCCO3)c(=O)n(C)c1=O. The van der Waals surface area contributed by atoms with Crippen LogP contribution in [0.25, 0.3) is 0 Å². The van der Waals surface area contributed by atoms with Gasteiger partial charge in [0.25, 0.3) is 5.56 Å². The molecular weight excluding hydrogens is 406 g/mol. The molecule has 1 aromatic carbocycles. The number of anilines is 1. The maximum Gasteiger partial charge on any atom is 0.338 e. The van der Waals surface area contributed by atoms with Crippen molar-refractivity contribution in [1.82, 2.24) is 9.13 Å². The molecule has 0 bridgehead atoms. The molecule has 3 rings (SSSR count). The van der Waals surface area contributed by atoms with Gasteiger partial charge in [-0.05, 0) is 12.1 Å². The second kappa shape index (κ2) is 8.00. The third-order valence-electron chi connectivity index (χ3n) is 4.36. The van der Waals surface area contributed by atoms with Crippen molar-refractivity contribution in [1.29, 1.82) is 0 Å². The maximum atomic E-state index is 12.4. The molecule has 1 aliphatic rings. The Kier molecular flexibility index (Phi) is 5.64. The fraction of sp³-hybridized carbons (Fsp3) is 0.333. The highest BCUT2D eigenvalue weighted by Gasteiger charge is 2.23. The molecule has 1 aromatic heterocycles. The molecule has 0 unspecified atom stereocenters. The Balaban J connectivity index is 1.81. The summed E-state index contributed by atoms with van der Waals surface area (Å²) in [5.41, 5.74) is 3.79. The Labute approximate surface area is 169 Å². The van der Waals surface area contributed by atoms with Crippen molar-refractivity contribution in [2.24, 2.45) is 14.1 Å². The quantitative estimate of drug-likeness (QED) is 0.556. The predicted octanol–water partition coefficient (Wildman–Crippen LogP) is 0.521. The monoisotopic (exact) mass is 423 g/mol. The summed E-state index contributed by atoms with van der Waals surface area (Å²) in [6.07, 6.45) is 0.662. The van der Waals surface area contributed by atoms with Crippen LogP contribution in [0.4, 0.5) is 5.82 Å². The molecule has 2 aromatic rings. The number of esters is 1. The smallest absolute Gasteiger partial charge is 0.338 e. The topological polar surface area (TPSA) is 132 Å². The third-order valence-corrected chi connectivity index (χ3v) is 4.64. The number of hydrogen-bond acceptors (Lipinski definition) is 8. The van der Waals surface area contributed by atoms with Crippen LogP contribution in [0.15, 0.2) is 21.7 Å². The summed E-state index contributed by atoms with van der Waals surface area (Å²) in [4.78, 5) is 48.8. The first-order chi connectivity index (χ1) is 13.7. The number of ether oxygens (including phenoxy) is 3. The second-order valence-electron chi connectivity index (χ2n) is 6.30. The highest BCUT2D eigenvalue weighted by molar-refractivity contribution is 6.32. The van der Waals surface area contributed by atoms with Gasteiger partial charge in [-0.2, -0.15) is 0 Å². The van der Waals surface area contributed by atoms with Gasteiger partial charge >= 0.3 is 11.7 Å². The molecule has 154 valence electrons. The third kappa shape index (κ3) is 3.83. The average Bonchev–Trinajstić information content (AvgIpc) is 2.95. The van der Waals surface area contributed by atoms with E-state index < -0.39 is 35.2 Å². The van der Waals surface area contributed by atoms with Gasteiger partial charge < -0.3 is 19.9 Å². The molecule has 11 heteroatoms. The number of benzene rings is 1. The van der Waals surface area contributed by atoms with E-state index in [0.717, 1.165) is 9.13 Å². The van der Waals surface area contributed by atoms with Crippen LogP contribution in [-0.2, 0) is 18.8 Å². The molecular formula is C18H18ClN3O7. The highest BCUT2D eigenvalue weighted by Crippen LogP contribution is 2.38. The number of carbonyl (C=O) groups is 2. The number of halogens is 1. The first kappa shape index (κ1) is 20.5. The molecule has 0 atom stereocenters. The molecule has 0 spiro atoms. The van der Waals surface area contributed by atoms with Gasteiger partial charge in [0, 0.05) is 20.5 Å². The number of hydrogen-bond donors (Lipinski definition) is 1. The number of nitrogens with zero attached hydrogens (tertiary/aromatic N) is 2. The zero-order valence-electron chi connectivity index (χ0n) is 15.7. The van der Waals surface area contributed by atoms with Crippen molar-refractivity contribution < 1.29 is 23.8 Å². The minimum atomic E-state index is -0.870. The fourth-order valence-corrected chi connectivity index (χ4v) is 3.02. The zero-order valence-corrected chi connectivity index (χ0v) is 16.4. The van der Waals surface area contributed by atoms with E-state index in [1.54, 1.807) is 0 Å². The van der Waals surface area contributed by atoms with Gasteiger partial charge in [0.2, 0.25) is 5.78 Å². The van der Waals surface area contributed by atoms with Crippen LogP contribution in [0.3, 0.4) is 0 Å². The molecule has 0 saturated heterocycles. The largest absolute Gasteiger partial charge is 0.489 e. The van der Waals surface area contributed by atoms with Crippen molar-refractivity contribution in [2.45, 2.75) is 6.42 Å². The van der Waals surface area contributed by atoms with Gasteiger partial charge in [-0.3, -0.25) is 18.7 Å². The van der Waals surface area contributed by atoms with Gasteiger partial charge in [-0.1, -0.05) is 11.6 Å². The van der Waals surface area contributed by atoms with E-state index >= 15 is 0 Å². The lowest BCUT2D eigenvalue weighted by Gasteiger charge is -2.12. The average molecular weight is 424 g/mol. The summed E-state index contributed by atoms with van der Waals surface area (Å²) in [5.74, 6) is -1.37. The summed E-state index contributed by atoms with van der Waals surface area (Å²) in [7, 11) is 2.53. The lowest BCUT2D eigenvalue weighted by atomic mass is 10.2. The van der Waals surface area contributed by atoms with Crippen LogP contribution < -0.4 is 26.5 Å². The molecule has 0 amide bonds. The van der Waals surface area contributed by atoms with Crippen molar-refractivity contribution in [2.75, 3.05) is 25.6 Å². The second-order valence-corrected chi connectivity index (χ2v) is 6.71. The molecule has 10 nitrogen and oxygen atoms in total. The number of rotatable bonds is 4. The van der Waals surface area contributed by atoms with E-state index in [-0.39, 0.29) is 16.4 Å². The van der Waals surface area contributed by atoms with E-state index in [1.807, 2.05) is 0 Å². The van der Waals surface area contributed by atoms with Crippen LogP contribution in [0, 0.1) is 0 Å². The molecule has 0 fully saturated rings. The number of ketones is 1. The Morgan fingerprint density at radius 3 is 2.59 bits per heavy atom. The number of nitrogen functional groups attached to an aromatic ring is 1. The summed E-state index contributed by atoms with van der Waals surface area (Å²) >= 11 is 6.14. The first-order valence-corrected chi connectivity index (χ1v) is 8.95. The lowest BCUT2D eigenvalue weighted by molar-refractivity contribution is 0.0474. The van der Waals surface area contributed by atoms with Crippen LogP contribution in [-0.4, -0.2) is 40.7 Å². The van der Waals surface area contributed by atoms with Crippen LogP contribution in [0.2, 0.25) is 5.02 Å². The summed E-state index contributed by atoms with van der Waals surface area (Å²) < 4.78 is 17.7. The Morgan fingerprint density at radius 1 is 1.17 bits per heavy atom.